The molecule has 2 aromatic rings. The molecule has 0 heterocycles. The summed E-state index contributed by atoms with van der Waals surface area (Å²) in [6, 6.07) is 14.8. The number of hydrogen-bond donors (Lipinski definition) is 1. The van der Waals surface area contributed by atoms with Gasteiger partial charge in [0.2, 0.25) is 0 Å². The minimum atomic E-state index is -1.30. The third kappa shape index (κ3) is 4.39. The van der Waals surface area contributed by atoms with Gasteiger partial charge in [-0.25, -0.2) is 4.79 Å². The van der Waals surface area contributed by atoms with Crippen LogP contribution in [0.25, 0.3) is 0 Å². The zero-order valence-corrected chi connectivity index (χ0v) is 11.7. The first-order valence-electron chi connectivity index (χ1n) is 6.68. The summed E-state index contributed by atoms with van der Waals surface area (Å²) in [6.07, 6.45) is -1.25. The van der Waals surface area contributed by atoms with Crippen LogP contribution in [0.3, 0.4) is 0 Å². The number of benzene rings is 2. The Labute approximate surface area is 127 Å². The lowest BCUT2D eigenvalue weighted by atomic mass is 10.1. The number of nitrogens with zero attached hydrogens (tertiary/aromatic N) is 1. The van der Waals surface area contributed by atoms with E-state index in [-0.39, 0.29) is 18.7 Å². The van der Waals surface area contributed by atoms with E-state index in [2.05, 4.69) is 0 Å². The molecule has 1 N–H and O–H groups in total. The largest absolute Gasteiger partial charge is 0.459 e. The number of rotatable bonds is 6. The van der Waals surface area contributed by atoms with Crippen molar-refractivity contribution in [2.45, 2.75) is 19.1 Å². The molecule has 22 heavy (non-hydrogen) atoms. The van der Waals surface area contributed by atoms with Gasteiger partial charge in [0.25, 0.3) is 5.69 Å². The Morgan fingerprint density at radius 1 is 1.09 bits per heavy atom. The molecule has 0 fully saturated rings. The number of carbonyl (C=O) groups excluding carboxylic acids is 1. The second-order valence-electron chi connectivity index (χ2n) is 4.74. The summed E-state index contributed by atoms with van der Waals surface area (Å²) in [5.41, 5.74) is 1.41. The van der Waals surface area contributed by atoms with E-state index in [9.17, 15) is 20.0 Å². The number of hydrogen-bond acceptors (Lipinski definition) is 5. The number of nitro benzene ring substituents is 1. The van der Waals surface area contributed by atoms with Gasteiger partial charge >= 0.3 is 5.97 Å². The van der Waals surface area contributed by atoms with E-state index in [1.165, 1.54) is 24.3 Å². The lowest BCUT2D eigenvalue weighted by Gasteiger charge is -2.10. The first kappa shape index (κ1) is 15.7. The highest BCUT2D eigenvalue weighted by molar-refractivity contribution is 5.74. The van der Waals surface area contributed by atoms with E-state index < -0.39 is 17.0 Å². The maximum Gasteiger partial charge on any atom is 0.335 e. The van der Waals surface area contributed by atoms with Gasteiger partial charge in [0.1, 0.15) is 6.61 Å². The van der Waals surface area contributed by atoms with Crippen molar-refractivity contribution in [1.82, 2.24) is 0 Å². The van der Waals surface area contributed by atoms with Gasteiger partial charge < -0.3 is 9.84 Å². The molecule has 0 bridgehead atoms. The van der Waals surface area contributed by atoms with Crippen molar-refractivity contribution in [1.29, 1.82) is 0 Å². The van der Waals surface area contributed by atoms with Gasteiger partial charge in [-0.2, -0.15) is 0 Å². The highest BCUT2D eigenvalue weighted by Crippen LogP contribution is 2.13. The number of non-ortho nitro benzene ring substituents is 1. The van der Waals surface area contributed by atoms with Crippen LogP contribution in [0.1, 0.15) is 11.1 Å². The van der Waals surface area contributed by atoms with E-state index in [1.807, 2.05) is 30.3 Å². The summed E-state index contributed by atoms with van der Waals surface area (Å²) in [4.78, 5) is 21.8. The van der Waals surface area contributed by atoms with Crippen molar-refractivity contribution < 1.29 is 19.6 Å². The summed E-state index contributed by atoms with van der Waals surface area (Å²) in [5.74, 6) is -0.720. The molecule has 0 spiro atoms. The smallest absolute Gasteiger partial charge is 0.335 e. The molecule has 0 aliphatic rings. The summed E-state index contributed by atoms with van der Waals surface area (Å²) < 4.78 is 5.03. The Morgan fingerprint density at radius 3 is 2.32 bits per heavy atom. The molecule has 0 saturated heterocycles. The normalized spacial score (nSPS) is 11.7. The molecule has 0 saturated carbocycles. The minimum Gasteiger partial charge on any atom is -0.459 e. The molecule has 6 nitrogen and oxygen atoms in total. The summed E-state index contributed by atoms with van der Waals surface area (Å²) in [6.45, 7) is 0.0942. The average molecular weight is 301 g/mol. The second kappa shape index (κ2) is 7.33. The molecule has 114 valence electrons. The molecule has 0 radical (unpaired) electrons. The first-order chi connectivity index (χ1) is 10.6. The Kier molecular flexibility index (Phi) is 5.21. The number of aliphatic hydroxyl groups excluding tert-OH is 1. The van der Waals surface area contributed by atoms with Gasteiger partial charge in [0.15, 0.2) is 6.10 Å². The van der Waals surface area contributed by atoms with Crippen molar-refractivity contribution in [3.63, 3.8) is 0 Å². The molecule has 2 aromatic carbocycles. The van der Waals surface area contributed by atoms with Crippen molar-refractivity contribution in [2.24, 2.45) is 0 Å². The predicted molar refractivity (Wildman–Crippen MR) is 79.0 cm³/mol. The van der Waals surface area contributed by atoms with E-state index in [0.29, 0.717) is 5.56 Å². The van der Waals surface area contributed by atoms with Crippen LogP contribution in [0.5, 0.6) is 0 Å². The van der Waals surface area contributed by atoms with Crippen LogP contribution in [0.4, 0.5) is 5.69 Å². The molecule has 6 heteroatoms. The third-order valence-corrected chi connectivity index (χ3v) is 3.07. The van der Waals surface area contributed by atoms with Gasteiger partial charge in [-0.3, -0.25) is 10.1 Å². The third-order valence-electron chi connectivity index (χ3n) is 3.07. The number of esters is 1. The standard InChI is InChI=1S/C16H15NO5/c18-15(10-12-6-8-14(9-7-12)17(20)21)16(19)22-11-13-4-2-1-3-5-13/h1-9,15,18H,10-11H2. The highest BCUT2D eigenvalue weighted by Gasteiger charge is 2.17. The van der Waals surface area contributed by atoms with Crippen molar-refractivity contribution in [3.8, 4) is 0 Å². The molecule has 0 aromatic heterocycles. The lowest BCUT2D eigenvalue weighted by Crippen LogP contribution is -2.25. The van der Waals surface area contributed by atoms with Crippen molar-refractivity contribution in [3.05, 3.63) is 75.8 Å². The van der Waals surface area contributed by atoms with Crippen molar-refractivity contribution >= 4 is 11.7 Å². The Hall–Kier alpha value is -2.73. The molecule has 1 atom stereocenters. The van der Waals surface area contributed by atoms with Crippen LogP contribution >= 0.6 is 0 Å². The van der Waals surface area contributed by atoms with E-state index in [4.69, 9.17) is 4.74 Å². The summed E-state index contributed by atoms with van der Waals surface area (Å²) >= 11 is 0. The molecular formula is C16H15NO5. The Bertz CT molecular complexity index is 639. The van der Waals surface area contributed by atoms with Gasteiger partial charge in [0, 0.05) is 18.6 Å². The molecule has 1 unspecified atom stereocenters. The zero-order chi connectivity index (χ0) is 15.9. The minimum absolute atomic E-state index is 0.0371. The van der Waals surface area contributed by atoms with Crippen LogP contribution in [-0.2, 0) is 22.6 Å². The molecule has 0 aliphatic heterocycles. The van der Waals surface area contributed by atoms with E-state index >= 15 is 0 Å². The first-order valence-corrected chi connectivity index (χ1v) is 6.68. The van der Waals surface area contributed by atoms with Gasteiger partial charge in [-0.05, 0) is 11.1 Å². The van der Waals surface area contributed by atoms with Crippen molar-refractivity contribution in [2.75, 3.05) is 0 Å². The van der Waals surface area contributed by atoms with Crippen LogP contribution < -0.4 is 0 Å². The quantitative estimate of drug-likeness (QED) is 0.502. The van der Waals surface area contributed by atoms with Gasteiger partial charge in [-0.1, -0.05) is 42.5 Å². The average Bonchev–Trinajstić information content (AvgIpc) is 2.54. The number of carbonyl (C=O) groups is 1. The predicted octanol–water partition coefficient (Wildman–Crippen LogP) is 2.24. The maximum atomic E-state index is 11.7. The van der Waals surface area contributed by atoms with Crippen LogP contribution in [0.2, 0.25) is 0 Å². The fraction of sp³-hybridized carbons (Fsp3) is 0.188. The van der Waals surface area contributed by atoms with Crippen LogP contribution in [-0.4, -0.2) is 22.1 Å². The summed E-state index contributed by atoms with van der Waals surface area (Å²) in [7, 11) is 0. The van der Waals surface area contributed by atoms with Gasteiger partial charge in [-0.15, -0.1) is 0 Å². The summed E-state index contributed by atoms with van der Waals surface area (Å²) in [5, 5.41) is 20.4. The number of ether oxygens (including phenoxy) is 1. The highest BCUT2D eigenvalue weighted by atomic mass is 16.6. The van der Waals surface area contributed by atoms with Crippen LogP contribution in [0.15, 0.2) is 54.6 Å². The second-order valence-corrected chi connectivity index (χ2v) is 4.74. The fourth-order valence-electron chi connectivity index (χ4n) is 1.89. The SMILES string of the molecule is O=C(OCc1ccccc1)C(O)Cc1ccc([N+](=O)[O-])cc1. The molecular weight excluding hydrogens is 286 g/mol. The van der Waals surface area contributed by atoms with Gasteiger partial charge in [0.05, 0.1) is 4.92 Å². The number of nitro groups is 1. The van der Waals surface area contributed by atoms with E-state index in [0.717, 1.165) is 5.56 Å². The molecule has 0 amide bonds. The maximum absolute atomic E-state index is 11.7. The molecule has 2 rings (SSSR count). The lowest BCUT2D eigenvalue weighted by molar-refractivity contribution is -0.384. The Morgan fingerprint density at radius 2 is 1.73 bits per heavy atom. The number of aliphatic hydroxyl groups is 1. The monoisotopic (exact) mass is 301 g/mol. The fourth-order valence-corrected chi connectivity index (χ4v) is 1.89. The Balaban J connectivity index is 1.86. The topological polar surface area (TPSA) is 89.7 Å². The van der Waals surface area contributed by atoms with E-state index in [1.54, 1.807) is 0 Å². The molecule has 0 aliphatic carbocycles. The zero-order valence-electron chi connectivity index (χ0n) is 11.7. The van der Waals surface area contributed by atoms with Crippen LogP contribution in [0, 0.1) is 10.1 Å².